The quantitative estimate of drug-likeness (QED) is 0.897. The van der Waals surface area contributed by atoms with Crippen LogP contribution in [0.25, 0.3) is 0 Å². The SMILES string of the molecule is CC1CC(C)CN(C(=O)NC(Cc2ccccc2)C(=O)O)C1. The van der Waals surface area contributed by atoms with Crippen molar-refractivity contribution in [2.45, 2.75) is 32.7 Å². The predicted octanol–water partition coefficient (Wildman–Crippen LogP) is 2.37. The Morgan fingerprint density at radius 2 is 1.82 bits per heavy atom. The van der Waals surface area contributed by atoms with E-state index in [9.17, 15) is 14.7 Å². The molecule has 1 aliphatic rings. The molecule has 1 fully saturated rings. The van der Waals surface area contributed by atoms with Gasteiger partial charge in [0, 0.05) is 19.5 Å². The zero-order chi connectivity index (χ0) is 16.1. The Hall–Kier alpha value is -2.04. The van der Waals surface area contributed by atoms with E-state index in [0.29, 0.717) is 31.3 Å². The van der Waals surface area contributed by atoms with Crippen LogP contribution in [0.2, 0.25) is 0 Å². The average molecular weight is 304 g/mol. The standard InChI is InChI=1S/C17H24N2O3/c1-12-8-13(2)11-19(10-12)17(22)18-15(16(20)21)9-14-6-4-3-5-7-14/h3-7,12-13,15H,8-11H2,1-2H3,(H,18,22)(H,20,21). The van der Waals surface area contributed by atoms with Gasteiger partial charge in [-0.05, 0) is 23.8 Å². The lowest BCUT2D eigenvalue weighted by molar-refractivity contribution is -0.139. The Morgan fingerprint density at radius 1 is 1.23 bits per heavy atom. The minimum Gasteiger partial charge on any atom is -0.480 e. The molecule has 0 saturated carbocycles. The van der Waals surface area contributed by atoms with Crippen LogP contribution < -0.4 is 5.32 Å². The van der Waals surface area contributed by atoms with Gasteiger partial charge in [0.1, 0.15) is 6.04 Å². The molecule has 1 heterocycles. The van der Waals surface area contributed by atoms with Crippen molar-refractivity contribution >= 4 is 12.0 Å². The molecular formula is C17H24N2O3. The number of hydrogen-bond acceptors (Lipinski definition) is 2. The molecule has 5 nitrogen and oxygen atoms in total. The highest BCUT2D eigenvalue weighted by molar-refractivity contribution is 5.82. The number of nitrogens with one attached hydrogen (secondary N) is 1. The third-order valence-corrected chi connectivity index (χ3v) is 4.03. The number of carboxylic acids is 1. The smallest absolute Gasteiger partial charge is 0.326 e. The van der Waals surface area contributed by atoms with Gasteiger partial charge in [0.25, 0.3) is 0 Å². The fourth-order valence-electron chi connectivity index (χ4n) is 3.12. The van der Waals surface area contributed by atoms with Crippen LogP contribution in [0.15, 0.2) is 30.3 Å². The maximum absolute atomic E-state index is 12.3. The number of carbonyl (C=O) groups is 2. The van der Waals surface area contributed by atoms with Gasteiger partial charge in [-0.2, -0.15) is 0 Å². The lowest BCUT2D eigenvalue weighted by Gasteiger charge is -2.35. The van der Waals surface area contributed by atoms with Crippen LogP contribution in [-0.4, -0.2) is 41.1 Å². The molecule has 22 heavy (non-hydrogen) atoms. The van der Waals surface area contributed by atoms with Crippen molar-refractivity contribution in [1.29, 1.82) is 0 Å². The van der Waals surface area contributed by atoms with E-state index in [0.717, 1.165) is 12.0 Å². The van der Waals surface area contributed by atoms with E-state index >= 15 is 0 Å². The van der Waals surface area contributed by atoms with E-state index < -0.39 is 12.0 Å². The molecule has 5 heteroatoms. The Kier molecular flexibility index (Phi) is 5.41. The van der Waals surface area contributed by atoms with Crippen molar-refractivity contribution in [3.8, 4) is 0 Å². The number of hydrogen-bond donors (Lipinski definition) is 2. The van der Waals surface area contributed by atoms with E-state index in [1.54, 1.807) is 4.90 Å². The van der Waals surface area contributed by atoms with Crippen LogP contribution in [0.5, 0.6) is 0 Å². The molecular weight excluding hydrogens is 280 g/mol. The first-order valence-corrected chi connectivity index (χ1v) is 7.78. The van der Waals surface area contributed by atoms with Gasteiger partial charge >= 0.3 is 12.0 Å². The van der Waals surface area contributed by atoms with E-state index in [-0.39, 0.29) is 6.03 Å². The van der Waals surface area contributed by atoms with Gasteiger partial charge in [0.15, 0.2) is 0 Å². The monoisotopic (exact) mass is 304 g/mol. The summed E-state index contributed by atoms with van der Waals surface area (Å²) in [5.41, 5.74) is 0.899. The molecule has 0 aliphatic carbocycles. The first-order chi connectivity index (χ1) is 10.5. The maximum Gasteiger partial charge on any atom is 0.326 e. The largest absolute Gasteiger partial charge is 0.480 e. The van der Waals surface area contributed by atoms with E-state index in [2.05, 4.69) is 19.2 Å². The molecule has 1 saturated heterocycles. The van der Waals surface area contributed by atoms with Gasteiger partial charge in [0.05, 0.1) is 0 Å². The Balaban J connectivity index is 1.98. The summed E-state index contributed by atoms with van der Waals surface area (Å²) in [4.78, 5) is 25.5. The molecule has 2 N–H and O–H groups in total. The van der Waals surface area contributed by atoms with Crippen molar-refractivity contribution < 1.29 is 14.7 Å². The molecule has 0 spiro atoms. The van der Waals surface area contributed by atoms with Gasteiger partial charge < -0.3 is 15.3 Å². The van der Waals surface area contributed by atoms with Crippen molar-refractivity contribution in [3.05, 3.63) is 35.9 Å². The summed E-state index contributed by atoms with van der Waals surface area (Å²) in [6.07, 6.45) is 1.40. The van der Waals surface area contributed by atoms with E-state index in [1.807, 2.05) is 30.3 Å². The highest BCUT2D eigenvalue weighted by Crippen LogP contribution is 2.21. The molecule has 120 valence electrons. The summed E-state index contributed by atoms with van der Waals surface area (Å²) in [6.45, 7) is 5.62. The fraction of sp³-hybridized carbons (Fsp3) is 0.529. The molecule has 1 aromatic carbocycles. The molecule has 3 unspecified atom stereocenters. The van der Waals surface area contributed by atoms with E-state index in [1.165, 1.54) is 0 Å². The van der Waals surface area contributed by atoms with Crippen LogP contribution in [-0.2, 0) is 11.2 Å². The first-order valence-electron chi connectivity index (χ1n) is 7.78. The minimum atomic E-state index is -1.00. The third kappa shape index (κ3) is 4.48. The third-order valence-electron chi connectivity index (χ3n) is 4.03. The molecule has 2 amide bonds. The molecule has 2 rings (SSSR count). The molecule has 3 atom stereocenters. The minimum absolute atomic E-state index is 0.276. The van der Waals surface area contributed by atoms with Crippen molar-refractivity contribution in [1.82, 2.24) is 10.2 Å². The summed E-state index contributed by atoms with van der Waals surface area (Å²) in [5, 5.41) is 12.0. The zero-order valence-corrected chi connectivity index (χ0v) is 13.2. The maximum atomic E-state index is 12.3. The Labute approximate surface area is 131 Å². The highest BCUT2D eigenvalue weighted by Gasteiger charge is 2.28. The molecule has 0 radical (unpaired) electrons. The normalized spacial score (nSPS) is 22.9. The number of amides is 2. The molecule has 1 aromatic rings. The fourth-order valence-corrected chi connectivity index (χ4v) is 3.12. The number of piperidine rings is 1. The van der Waals surface area contributed by atoms with Crippen molar-refractivity contribution in [2.24, 2.45) is 11.8 Å². The number of aliphatic carboxylic acids is 1. The number of rotatable bonds is 4. The number of nitrogens with zero attached hydrogens (tertiary/aromatic N) is 1. The lowest BCUT2D eigenvalue weighted by atomic mass is 9.92. The average Bonchev–Trinajstić information content (AvgIpc) is 2.46. The van der Waals surface area contributed by atoms with Crippen molar-refractivity contribution in [2.75, 3.05) is 13.1 Å². The zero-order valence-electron chi connectivity index (χ0n) is 13.2. The topological polar surface area (TPSA) is 69.6 Å². The highest BCUT2D eigenvalue weighted by atomic mass is 16.4. The van der Waals surface area contributed by atoms with Gasteiger partial charge in [-0.15, -0.1) is 0 Å². The van der Waals surface area contributed by atoms with Gasteiger partial charge in [-0.3, -0.25) is 0 Å². The molecule has 0 bridgehead atoms. The number of carbonyl (C=O) groups excluding carboxylic acids is 1. The molecule has 1 aliphatic heterocycles. The second kappa shape index (κ2) is 7.29. The van der Waals surface area contributed by atoms with Crippen LogP contribution in [0.1, 0.15) is 25.8 Å². The van der Waals surface area contributed by atoms with Gasteiger partial charge in [0.2, 0.25) is 0 Å². The Bertz CT molecular complexity index is 508. The lowest BCUT2D eigenvalue weighted by Crippen LogP contribution is -2.52. The number of carboxylic acid groups (broad SMARTS) is 1. The summed E-state index contributed by atoms with van der Waals surface area (Å²) in [6, 6.07) is 8.17. The summed E-state index contributed by atoms with van der Waals surface area (Å²) < 4.78 is 0. The van der Waals surface area contributed by atoms with Gasteiger partial charge in [-0.25, -0.2) is 9.59 Å². The summed E-state index contributed by atoms with van der Waals surface area (Å²) in [5.74, 6) is -0.103. The first kappa shape index (κ1) is 16.3. The van der Waals surface area contributed by atoms with E-state index in [4.69, 9.17) is 0 Å². The van der Waals surface area contributed by atoms with Crippen LogP contribution in [0.3, 0.4) is 0 Å². The number of likely N-dealkylation sites (tertiary alicyclic amines) is 1. The van der Waals surface area contributed by atoms with Crippen LogP contribution in [0.4, 0.5) is 4.79 Å². The number of benzene rings is 1. The molecule has 0 aromatic heterocycles. The number of urea groups is 1. The van der Waals surface area contributed by atoms with Gasteiger partial charge in [-0.1, -0.05) is 44.2 Å². The summed E-state index contributed by atoms with van der Waals surface area (Å²) in [7, 11) is 0. The second-order valence-corrected chi connectivity index (χ2v) is 6.38. The second-order valence-electron chi connectivity index (χ2n) is 6.38. The van der Waals surface area contributed by atoms with Crippen molar-refractivity contribution in [3.63, 3.8) is 0 Å². The Morgan fingerprint density at radius 3 is 2.36 bits per heavy atom. The predicted molar refractivity (Wildman–Crippen MR) is 84.6 cm³/mol. The van der Waals surface area contributed by atoms with Crippen LogP contribution in [0, 0.1) is 11.8 Å². The summed E-state index contributed by atoms with van der Waals surface area (Å²) >= 11 is 0. The van der Waals surface area contributed by atoms with Crippen LogP contribution >= 0.6 is 0 Å².